The van der Waals surface area contributed by atoms with Crippen molar-refractivity contribution in [3.63, 3.8) is 0 Å². The van der Waals surface area contributed by atoms with Crippen molar-refractivity contribution in [2.75, 3.05) is 0 Å². The first-order chi connectivity index (χ1) is 5.79. The first kappa shape index (κ1) is 7.35. The van der Waals surface area contributed by atoms with E-state index < -0.39 is 0 Å². The van der Waals surface area contributed by atoms with Crippen molar-refractivity contribution in [1.82, 2.24) is 0 Å². The van der Waals surface area contributed by atoms with Gasteiger partial charge in [-0.05, 0) is 35.7 Å². The quantitative estimate of drug-likeness (QED) is 0.546. The van der Waals surface area contributed by atoms with Gasteiger partial charge in [0.25, 0.3) is 0 Å². The molecule has 2 aromatic rings. The maximum atomic E-state index is 5.92. The Balaban J connectivity index is 2.91. The highest BCUT2D eigenvalue weighted by Crippen LogP contribution is 2.20. The van der Waals surface area contributed by atoms with Crippen LogP contribution in [-0.2, 0) is 0 Å². The summed E-state index contributed by atoms with van der Waals surface area (Å²) in [6.45, 7) is 7.95. The van der Waals surface area contributed by atoms with Crippen LogP contribution >= 0.6 is 0 Å². The second-order valence-corrected chi connectivity index (χ2v) is 3.02. The molecule has 0 fully saturated rings. The molecular formula is C12H10. The molecule has 0 aliphatic carbocycles. The van der Waals surface area contributed by atoms with Crippen LogP contribution in [0.15, 0.2) is 36.4 Å². The lowest BCUT2D eigenvalue weighted by Crippen LogP contribution is -1.82. The Morgan fingerprint density at radius 1 is 1.00 bits per heavy atom. The normalized spacial score (nSPS) is 10.5. The third-order valence-corrected chi connectivity index (χ3v) is 2.19. The van der Waals surface area contributed by atoms with Crippen LogP contribution in [0.1, 0.15) is 11.1 Å². The summed E-state index contributed by atoms with van der Waals surface area (Å²) in [5, 5.41) is 2.36. The Morgan fingerprint density at radius 3 is 2.58 bits per heavy atom. The van der Waals surface area contributed by atoms with Gasteiger partial charge < -0.3 is 0 Å². The summed E-state index contributed by atoms with van der Waals surface area (Å²) >= 11 is 0. The highest BCUT2D eigenvalue weighted by atomic mass is 14.0. The van der Waals surface area contributed by atoms with Gasteiger partial charge in [0.2, 0.25) is 0 Å². The van der Waals surface area contributed by atoms with Crippen molar-refractivity contribution in [2.24, 2.45) is 0 Å². The molecule has 12 heavy (non-hydrogen) atoms. The fraction of sp³-hybridized carbons (Fsp3) is 0.0833. The van der Waals surface area contributed by atoms with Crippen molar-refractivity contribution in [2.45, 2.75) is 6.92 Å². The molecule has 0 aliphatic rings. The van der Waals surface area contributed by atoms with Crippen LogP contribution in [0.5, 0.6) is 0 Å². The molecule has 0 nitrogen and oxygen atoms in total. The SMILES string of the molecule is [CH]c1c(C)ccc2ccccc12. The Labute approximate surface area is 72.8 Å². The molecule has 0 bridgehead atoms. The van der Waals surface area contributed by atoms with Crippen LogP contribution < -0.4 is 0 Å². The molecule has 0 aromatic heterocycles. The van der Waals surface area contributed by atoms with E-state index in [4.69, 9.17) is 6.92 Å². The van der Waals surface area contributed by atoms with Gasteiger partial charge >= 0.3 is 0 Å². The first-order valence-corrected chi connectivity index (χ1v) is 4.03. The number of fused-ring (bicyclic) bond motifs is 1. The van der Waals surface area contributed by atoms with Gasteiger partial charge in [0, 0.05) is 0 Å². The van der Waals surface area contributed by atoms with E-state index in [0.29, 0.717) is 0 Å². The molecule has 0 heteroatoms. The molecule has 0 spiro atoms. The molecule has 0 heterocycles. The molecule has 0 aliphatic heterocycles. The van der Waals surface area contributed by atoms with Crippen LogP contribution in [0.25, 0.3) is 10.8 Å². The molecule has 0 unspecified atom stereocenters. The lowest BCUT2D eigenvalue weighted by atomic mass is 10.0. The van der Waals surface area contributed by atoms with Gasteiger partial charge in [0.1, 0.15) is 0 Å². The minimum Gasteiger partial charge on any atom is -0.0616 e. The summed E-state index contributed by atoms with van der Waals surface area (Å²) < 4.78 is 0. The van der Waals surface area contributed by atoms with E-state index in [9.17, 15) is 0 Å². The molecule has 2 radical (unpaired) electrons. The average Bonchev–Trinajstić information content (AvgIpc) is 2.12. The second-order valence-electron chi connectivity index (χ2n) is 3.02. The second kappa shape index (κ2) is 2.63. The fourth-order valence-corrected chi connectivity index (χ4v) is 1.40. The van der Waals surface area contributed by atoms with Gasteiger partial charge in [-0.2, -0.15) is 0 Å². The third-order valence-electron chi connectivity index (χ3n) is 2.19. The Morgan fingerprint density at radius 2 is 1.75 bits per heavy atom. The molecule has 2 aromatic carbocycles. The topological polar surface area (TPSA) is 0 Å². The van der Waals surface area contributed by atoms with Crippen LogP contribution in [-0.4, -0.2) is 0 Å². The molecular weight excluding hydrogens is 144 g/mol. The maximum absolute atomic E-state index is 5.92. The lowest BCUT2D eigenvalue weighted by molar-refractivity contribution is 1.45. The Bertz CT molecular complexity index is 413. The average molecular weight is 154 g/mol. The van der Waals surface area contributed by atoms with Gasteiger partial charge in [-0.15, -0.1) is 0 Å². The van der Waals surface area contributed by atoms with Gasteiger partial charge in [-0.1, -0.05) is 36.4 Å². The largest absolute Gasteiger partial charge is 0.0616 e. The van der Waals surface area contributed by atoms with Crippen molar-refractivity contribution in [1.29, 1.82) is 0 Å². The van der Waals surface area contributed by atoms with Crippen LogP contribution in [0.3, 0.4) is 0 Å². The molecule has 58 valence electrons. The smallest absolute Gasteiger partial charge is 0.000262 e. The summed E-state index contributed by atoms with van der Waals surface area (Å²) in [6.07, 6.45) is 0. The van der Waals surface area contributed by atoms with Crippen molar-refractivity contribution < 1.29 is 0 Å². The minimum atomic E-state index is 0.896. The van der Waals surface area contributed by atoms with E-state index in [1.54, 1.807) is 0 Å². The summed E-state index contributed by atoms with van der Waals surface area (Å²) in [5.41, 5.74) is 2.04. The molecule has 2 rings (SSSR count). The number of aryl methyl sites for hydroxylation is 1. The van der Waals surface area contributed by atoms with E-state index in [2.05, 4.69) is 24.3 Å². The van der Waals surface area contributed by atoms with Gasteiger partial charge in [0.05, 0.1) is 0 Å². The zero-order chi connectivity index (χ0) is 8.55. The van der Waals surface area contributed by atoms with Crippen molar-refractivity contribution in [3.8, 4) is 0 Å². The zero-order valence-corrected chi connectivity index (χ0v) is 7.04. The van der Waals surface area contributed by atoms with Crippen molar-refractivity contribution >= 4 is 10.8 Å². The zero-order valence-electron chi connectivity index (χ0n) is 7.04. The van der Waals surface area contributed by atoms with E-state index in [0.717, 1.165) is 16.5 Å². The summed E-state index contributed by atoms with van der Waals surface area (Å²) in [6, 6.07) is 12.3. The number of hydrogen-bond donors (Lipinski definition) is 0. The Kier molecular flexibility index (Phi) is 1.61. The van der Waals surface area contributed by atoms with Crippen LogP contribution in [0.2, 0.25) is 0 Å². The number of benzene rings is 2. The fourth-order valence-electron chi connectivity index (χ4n) is 1.40. The summed E-state index contributed by atoms with van der Waals surface area (Å²) in [7, 11) is 0. The van der Waals surface area contributed by atoms with E-state index >= 15 is 0 Å². The highest BCUT2D eigenvalue weighted by Gasteiger charge is 1.97. The predicted molar refractivity (Wildman–Crippen MR) is 52.1 cm³/mol. The third kappa shape index (κ3) is 1.00. The monoisotopic (exact) mass is 154 g/mol. The van der Waals surface area contributed by atoms with Crippen molar-refractivity contribution in [3.05, 3.63) is 54.4 Å². The van der Waals surface area contributed by atoms with Gasteiger partial charge in [0.15, 0.2) is 0 Å². The number of hydrogen-bond acceptors (Lipinski definition) is 0. The molecule has 0 atom stereocenters. The molecule has 0 saturated heterocycles. The highest BCUT2D eigenvalue weighted by molar-refractivity contribution is 5.87. The number of rotatable bonds is 0. The van der Waals surface area contributed by atoms with Crippen LogP contribution in [0.4, 0.5) is 0 Å². The maximum Gasteiger partial charge on any atom is -0.000262 e. The first-order valence-electron chi connectivity index (χ1n) is 4.03. The molecule has 0 amide bonds. The summed E-state index contributed by atoms with van der Waals surface area (Å²) in [5.74, 6) is 0. The summed E-state index contributed by atoms with van der Waals surface area (Å²) in [4.78, 5) is 0. The van der Waals surface area contributed by atoms with Gasteiger partial charge in [-0.3, -0.25) is 0 Å². The predicted octanol–water partition coefficient (Wildman–Crippen LogP) is 3.21. The van der Waals surface area contributed by atoms with Gasteiger partial charge in [-0.25, -0.2) is 0 Å². The molecule has 0 saturated carbocycles. The van der Waals surface area contributed by atoms with E-state index in [-0.39, 0.29) is 0 Å². The van der Waals surface area contributed by atoms with E-state index in [1.165, 1.54) is 5.39 Å². The van der Waals surface area contributed by atoms with E-state index in [1.807, 2.05) is 19.1 Å². The Hall–Kier alpha value is -1.30. The van der Waals surface area contributed by atoms with Crippen LogP contribution in [0, 0.1) is 13.8 Å². The minimum absolute atomic E-state index is 0.896. The molecule has 0 N–H and O–H groups in total. The lowest BCUT2D eigenvalue weighted by Gasteiger charge is -2.03. The standard InChI is InChI=1S/C12H10/c1-9-7-8-11-5-3-4-6-12(11)10(9)2/h2-8H,1H3.